The van der Waals surface area contributed by atoms with E-state index in [9.17, 15) is 22.8 Å². The highest BCUT2D eigenvalue weighted by Gasteiger charge is 2.38. The van der Waals surface area contributed by atoms with Crippen LogP contribution in [0.4, 0.5) is 19.0 Å². The first kappa shape index (κ1) is 33.0. The molecule has 0 saturated heterocycles. The van der Waals surface area contributed by atoms with Crippen LogP contribution in [0.3, 0.4) is 0 Å². The van der Waals surface area contributed by atoms with E-state index in [1.165, 1.54) is 4.57 Å². The number of nitrogens with two attached hydrogens (primary N) is 2. The summed E-state index contributed by atoms with van der Waals surface area (Å²) in [5, 5.41) is 16.2. The number of carboxylic acid groups (broad SMARTS) is 1. The van der Waals surface area contributed by atoms with Crippen LogP contribution >= 0.6 is 11.6 Å². The molecule has 1 aromatic heterocycles. The maximum Gasteiger partial charge on any atom is 0.490 e. The highest BCUT2D eigenvalue weighted by Crippen LogP contribution is 2.27. The minimum Gasteiger partial charge on any atom is -0.475 e. The number of rotatable bonds is 12. The molecule has 0 fully saturated rings. The van der Waals surface area contributed by atoms with Crippen LogP contribution < -0.4 is 27.7 Å². The molecule has 2 aromatic rings. The Balaban J connectivity index is 0.000000956. The first-order valence-corrected chi connectivity index (χ1v) is 12.0. The van der Waals surface area contributed by atoms with Crippen LogP contribution in [0.5, 0.6) is 0 Å². The molecule has 216 valence electrons. The third-order valence-electron chi connectivity index (χ3n) is 5.07. The number of carbonyl (C=O) groups is 2. The number of amides is 1. The Labute approximate surface area is 227 Å². The minimum atomic E-state index is -5.08. The number of benzene rings is 1. The molecule has 0 aliphatic heterocycles. The second-order valence-corrected chi connectivity index (χ2v) is 8.25. The maximum absolute atomic E-state index is 13.4. The van der Waals surface area contributed by atoms with Gasteiger partial charge in [-0.05, 0) is 30.5 Å². The van der Waals surface area contributed by atoms with Crippen LogP contribution in [0, 0.1) is 6.92 Å². The van der Waals surface area contributed by atoms with Crippen molar-refractivity contribution in [3.63, 3.8) is 0 Å². The molecule has 1 unspecified atom stereocenters. The molecule has 16 heteroatoms. The molecule has 39 heavy (non-hydrogen) atoms. The summed E-state index contributed by atoms with van der Waals surface area (Å²) in [5.41, 5.74) is 11.9. The molecule has 0 spiro atoms. The van der Waals surface area contributed by atoms with Gasteiger partial charge in [0.2, 0.25) is 11.9 Å². The van der Waals surface area contributed by atoms with Crippen LogP contribution in [0.15, 0.2) is 40.3 Å². The third-order valence-corrected chi connectivity index (χ3v) is 5.34. The standard InChI is InChI=1S/C21H30ClN7O3.C2HF3O2/c1-14-19(25-2)27-18(16(9-6-10-22)15-7-4-3-5-8-15)20(31)29(14)13-17(30)26-11-12-32-28-21(23)24;3-2(4,5)1(6)7/h3-5,7-8,16,25H,6,9-13H2,1-2H3,(H,26,30)(H4,23,24,28);(H,6,7). The van der Waals surface area contributed by atoms with Gasteiger partial charge in [0.05, 0.1) is 12.2 Å². The van der Waals surface area contributed by atoms with Gasteiger partial charge in [0.1, 0.15) is 24.7 Å². The first-order chi connectivity index (χ1) is 18.3. The Morgan fingerprint density at radius 2 is 1.87 bits per heavy atom. The van der Waals surface area contributed by atoms with Gasteiger partial charge in [0, 0.05) is 18.8 Å². The van der Waals surface area contributed by atoms with E-state index in [0.29, 0.717) is 29.5 Å². The van der Waals surface area contributed by atoms with Crippen molar-refractivity contribution < 1.29 is 32.7 Å². The van der Waals surface area contributed by atoms with Gasteiger partial charge in [0.15, 0.2) is 0 Å². The number of halogens is 4. The first-order valence-electron chi connectivity index (χ1n) is 11.5. The zero-order valence-corrected chi connectivity index (χ0v) is 22.1. The summed E-state index contributed by atoms with van der Waals surface area (Å²) in [7, 11) is 1.73. The van der Waals surface area contributed by atoms with Gasteiger partial charge in [-0.1, -0.05) is 30.3 Å². The molecule has 0 bridgehead atoms. The SMILES string of the molecule is CNc1nc(C(CCCCl)c2ccccc2)c(=O)n(CC(=O)NCCON=C(N)N)c1C.O=C(O)C(F)(F)F. The van der Waals surface area contributed by atoms with Gasteiger partial charge in [-0.25, -0.2) is 9.78 Å². The zero-order valence-electron chi connectivity index (χ0n) is 21.3. The van der Waals surface area contributed by atoms with Crippen molar-refractivity contribution >= 4 is 35.3 Å². The predicted molar refractivity (Wildman–Crippen MR) is 139 cm³/mol. The number of anilines is 1. The van der Waals surface area contributed by atoms with Crippen molar-refractivity contribution in [1.82, 2.24) is 14.9 Å². The summed E-state index contributed by atoms with van der Waals surface area (Å²) in [4.78, 5) is 44.2. The topological polar surface area (TPSA) is 187 Å². The number of nitrogens with one attached hydrogen (secondary N) is 2. The quantitative estimate of drug-likeness (QED) is 0.0822. The van der Waals surface area contributed by atoms with Crippen LogP contribution in [0.25, 0.3) is 0 Å². The lowest BCUT2D eigenvalue weighted by molar-refractivity contribution is -0.192. The van der Waals surface area contributed by atoms with Crippen LogP contribution in [0.1, 0.15) is 35.7 Å². The number of alkyl halides is 4. The molecule has 0 aliphatic rings. The number of hydrogen-bond acceptors (Lipinski definition) is 7. The van der Waals surface area contributed by atoms with Gasteiger partial charge in [0.25, 0.3) is 5.56 Å². The van der Waals surface area contributed by atoms with Crippen molar-refractivity contribution in [2.24, 2.45) is 16.6 Å². The summed E-state index contributed by atoms with van der Waals surface area (Å²) in [5.74, 6) is -2.53. The lowest BCUT2D eigenvalue weighted by atomic mass is 9.91. The Hall–Kier alpha value is -4.01. The fraction of sp³-hybridized carbons (Fsp3) is 0.435. The number of carbonyl (C=O) groups excluding carboxylic acids is 1. The number of aliphatic carboxylic acids is 1. The van der Waals surface area contributed by atoms with E-state index < -0.39 is 12.1 Å². The van der Waals surface area contributed by atoms with E-state index in [4.69, 9.17) is 37.8 Å². The second kappa shape index (κ2) is 16.1. The van der Waals surface area contributed by atoms with Crippen LogP contribution in [0.2, 0.25) is 0 Å². The van der Waals surface area contributed by atoms with Gasteiger partial charge < -0.3 is 32.0 Å². The molecule has 7 N–H and O–H groups in total. The highest BCUT2D eigenvalue weighted by atomic mass is 35.5. The van der Waals surface area contributed by atoms with E-state index >= 15 is 0 Å². The molecule has 0 radical (unpaired) electrons. The number of carboxylic acids is 1. The fourth-order valence-electron chi connectivity index (χ4n) is 3.31. The minimum absolute atomic E-state index is 0.0926. The van der Waals surface area contributed by atoms with Gasteiger partial charge >= 0.3 is 12.1 Å². The van der Waals surface area contributed by atoms with Gasteiger partial charge in [-0.15, -0.1) is 11.6 Å². The molecular formula is C23H31ClF3N7O5. The van der Waals surface area contributed by atoms with E-state index in [0.717, 1.165) is 12.0 Å². The lowest BCUT2D eigenvalue weighted by Gasteiger charge is -2.20. The molecular weight excluding hydrogens is 547 g/mol. The van der Waals surface area contributed by atoms with Gasteiger partial charge in [-0.2, -0.15) is 13.2 Å². The largest absolute Gasteiger partial charge is 0.490 e. The molecule has 1 aromatic carbocycles. The zero-order chi connectivity index (χ0) is 29.6. The van der Waals surface area contributed by atoms with Crippen molar-refractivity contribution in [3.05, 3.63) is 57.6 Å². The number of hydrogen-bond donors (Lipinski definition) is 5. The summed E-state index contributed by atoms with van der Waals surface area (Å²) in [6.07, 6.45) is -3.70. The van der Waals surface area contributed by atoms with E-state index in [1.807, 2.05) is 30.3 Å². The molecule has 12 nitrogen and oxygen atoms in total. The molecule has 1 amide bonds. The smallest absolute Gasteiger partial charge is 0.475 e. The average molecular weight is 578 g/mol. The fourth-order valence-corrected chi connectivity index (χ4v) is 3.46. The molecule has 2 rings (SSSR count). The lowest BCUT2D eigenvalue weighted by Crippen LogP contribution is -2.37. The number of oxime groups is 1. The highest BCUT2D eigenvalue weighted by molar-refractivity contribution is 6.17. The number of nitrogens with zero attached hydrogens (tertiary/aromatic N) is 3. The second-order valence-electron chi connectivity index (χ2n) is 7.87. The Morgan fingerprint density at radius 1 is 1.26 bits per heavy atom. The van der Waals surface area contributed by atoms with E-state index in [2.05, 4.69) is 20.8 Å². The predicted octanol–water partition coefficient (Wildman–Crippen LogP) is 1.70. The maximum atomic E-state index is 13.4. The van der Waals surface area contributed by atoms with Crippen molar-refractivity contribution in [3.8, 4) is 0 Å². The summed E-state index contributed by atoms with van der Waals surface area (Å²) >= 11 is 5.93. The Morgan fingerprint density at radius 3 is 2.38 bits per heavy atom. The van der Waals surface area contributed by atoms with E-state index in [1.54, 1.807) is 14.0 Å². The Bertz CT molecular complexity index is 1170. The number of guanidine groups is 1. The average Bonchev–Trinajstić information content (AvgIpc) is 2.88. The normalized spacial score (nSPS) is 11.4. The van der Waals surface area contributed by atoms with Crippen LogP contribution in [-0.4, -0.2) is 64.7 Å². The molecule has 0 aliphatic carbocycles. The molecule has 0 saturated carbocycles. The monoisotopic (exact) mass is 577 g/mol. The number of aromatic nitrogens is 2. The third kappa shape index (κ3) is 11.1. The van der Waals surface area contributed by atoms with Crippen LogP contribution in [-0.2, 0) is 21.0 Å². The van der Waals surface area contributed by atoms with E-state index in [-0.39, 0.29) is 43.0 Å². The molecule has 1 heterocycles. The van der Waals surface area contributed by atoms with Crippen molar-refractivity contribution in [2.75, 3.05) is 31.4 Å². The molecule has 1 atom stereocenters. The summed E-state index contributed by atoms with van der Waals surface area (Å²) < 4.78 is 33.2. The van der Waals surface area contributed by atoms with Gasteiger partial charge in [-0.3, -0.25) is 14.2 Å². The van der Waals surface area contributed by atoms with Crippen molar-refractivity contribution in [1.29, 1.82) is 0 Å². The Kier molecular flexibility index (Phi) is 13.6. The summed E-state index contributed by atoms with van der Waals surface area (Å²) in [6, 6.07) is 9.70. The van der Waals surface area contributed by atoms with Crippen molar-refractivity contribution in [2.45, 2.75) is 38.4 Å². The summed E-state index contributed by atoms with van der Waals surface area (Å²) in [6.45, 7) is 1.86.